The fourth-order valence-electron chi connectivity index (χ4n) is 2.71. The fourth-order valence-corrected chi connectivity index (χ4v) is 2.71. The van der Waals surface area contributed by atoms with Gasteiger partial charge in [-0.1, -0.05) is 90.0 Å². The Morgan fingerprint density at radius 1 is 0.708 bits per heavy atom. The first-order valence-corrected chi connectivity index (χ1v) is 8.19. The van der Waals surface area contributed by atoms with Gasteiger partial charge in [0.05, 0.1) is 6.61 Å². The second kappa shape index (κ2) is 7.00. The molecule has 2 N–H and O–H groups in total. The van der Waals surface area contributed by atoms with E-state index in [1.54, 1.807) is 0 Å². The third-order valence-electron chi connectivity index (χ3n) is 4.27. The van der Waals surface area contributed by atoms with Crippen LogP contribution in [0.25, 0.3) is 0 Å². The van der Waals surface area contributed by atoms with Crippen LogP contribution in [0.2, 0.25) is 0 Å². The predicted molar refractivity (Wildman–Crippen MR) is 98.6 cm³/mol. The summed E-state index contributed by atoms with van der Waals surface area (Å²) >= 11 is 0. The van der Waals surface area contributed by atoms with Crippen LogP contribution >= 0.6 is 0 Å². The van der Waals surface area contributed by atoms with Crippen molar-refractivity contribution in [1.29, 1.82) is 0 Å². The van der Waals surface area contributed by atoms with E-state index < -0.39 is 5.72 Å². The van der Waals surface area contributed by atoms with E-state index >= 15 is 0 Å². The van der Waals surface area contributed by atoms with Crippen LogP contribution in [0.1, 0.15) is 27.8 Å². The third-order valence-corrected chi connectivity index (χ3v) is 4.27. The standard InChI is InChI=1S/C22H23NO/c1-17-8-12-20(13-9-17)22(23,21-14-10-18(2)11-15-21)24-16-19-6-4-3-5-7-19/h3-15H,16,23H2,1-2H3. The van der Waals surface area contributed by atoms with Crippen molar-refractivity contribution < 1.29 is 4.74 Å². The van der Waals surface area contributed by atoms with Gasteiger partial charge in [-0.15, -0.1) is 0 Å². The lowest BCUT2D eigenvalue weighted by Gasteiger charge is -2.31. The van der Waals surface area contributed by atoms with E-state index in [9.17, 15) is 0 Å². The molecule has 2 heteroatoms. The van der Waals surface area contributed by atoms with Crippen molar-refractivity contribution in [3.63, 3.8) is 0 Å². The molecule has 24 heavy (non-hydrogen) atoms. The Morgan fingerprint density at radius 2 is 1.17 bits per heavy atom. The lowest BCUT2D eigenvalue weighted by Crippen LogP contribution is -2.40. The molecule has 2 nitrogen and oxygen atoms in total. The van der Waals surface area contributed by atoms with Gasteiger partial charge in [0.15, 0.2) is 5.72 Å². The van der Waals surface area contributed by atoms with E-state index in [1.165, 1.54) is 11.1 Å². The van der Waals surface area contributed by atoms with Gasteiger partial charge in [-0.05, 0) is 19.4 Å². The molecule has 3 aromatic rings. The van der Waals surface area contributed by atoms with Crippen molar-refractivity contribution in [1.82, 2.24) is 0 Å². The first-order valence-electron chi connectivity index (χ1n) is 8.19. The van der Waals surface area contributed by atoms with Crippen LogP contribution in [0.3, 0.4) is 0 Å². The molecule has 0 atom stereocenters. The van der Waals surface area contributed by atoms with E-state index in [4.69, 9.17) is 10.5 Å². The van der Waals surface area contributed by atoms with Crippen molar-refractivity contribution in [2.75, 3.05) is 0 Å². The SMILES string of the molecule is Cc1ccc(C(N)(OCc2ccccc2)c2ccc(C)cc2)cc1. The molecule has 0 aliphatic carbocycles. The Hall–Kier alpha value is -2.42. The Labute approximate surface area is 143 Å². The van der Waals surface area contributed by atoms with Gasteiger partial charge in [-0.2, -0.15) is 0 Å². The molecule has 0 aliphatic rings. The predicted octanol–water partition coefficient (Wildman–Crippen LogP) is 4.68. The molecule has 0 saturated carbocycles. The minimum Gasteiger partial charge on any atom is -0.348 e. The van der Waals surface area contributed by atoms with Crippen molar-refractivity contribution in [2.24, 2.45) is 5.73 Å². The maximum atomic E-state index is 6.77. The van der Waals surface area contributed by atoms with Gasteiger partial charge in [0, 0.05) is 11.1 Å². The maximum absolute atomic E-state index is 6.77. The second-order valence-corrected chi connectivity index (χ2v) is 6.24. The van der Waals surface area contributed by atoms with Crippen LogP contribution in [0.15, 0.2) is 78.9 Å². The highest BCUT2D eigenvalue weighted by Gasteiger charge is 2.30. The number of benzene rings is 3. The zero-order valence-corrected chi connectivity index (χ0v) is 14.2. The topological polar surface area (TPSA) is 35.2 Å². The Balaban J connectivity index is 1.96. The normalized spacial score (nSPS) is 11.5. The quantitative estimate of drug-likeness (QED) is 0.693. The summed E-state index contributed by atoms with van der Waals surface area (Å²) in [7, 11) is 0. The van der Waals surface area contributed by atoms with Crippen LogP contribution in [-0.2, 0) is 17.1 Å². The molecule has 0 aliphatic heterocycles. The Bertz CT molecular complexity index is 731. The summed E-state index contributed by atoms with van der Waals surface area (Å²) in [6.45, 7) is 4.59. The molecule has 122 valence electrons. The summed E-state index contributed by atoms with van der Waals surface area (Å²) in [4.78, 5) is 0. The molecule has 3 aromatic carbocycles. The largest absolute Gasteiger partial charge is 0.348 e. The lowest BCUT2D eigenvalue weighted by atomic mass is 9.93. The van der Waals surface area contributed by atoms with Crippen molar-refractivity contribution >= 4 is 0 Å². The number of ether oxygens (including phenoxy) is 1. The average Bonchev–Trinajstić information content (AvgIpc) is 2.62. The highest BCUT2D eigenvalue weighted by molar-refractivity contribution is 5.37. The highest BCUT2D eigenvalue weighted by Crippen LogP contribution is 2.30. The van der Waals surface area contributed by atoms with Crippen LogP contribution in [0.4, 0.5) is 0 Å². The molecule has 0 unspecified atom stereocenters. The van der Waals surface area contributed by atoms with Gasteiger partial charge in [-0.3, -0.25) is 5.73 Å². The van der Waals surface area contributed by atoms with E-state index in [2.05, 4.69) is 38.1 Å². The summed E-state index contributed by atoms with van der Waals surface area (Å²) in [5.74, 6) is 0. The summed E-state index contributed by atoms with van der Waals surface area (Å²) in [5.41, 5.74) is 11.2. The molecule has 0 bridgehead atoms. The number of rotatable bonds is 5. The monoisotopic (exact) mass is 317 g/mol. The van der Waals surface area contributed by atoms with Gasteiger partial charge in [0.25, 0.3) is 0 Å². The van der Waals surface area contributed by atoms with E-state index in [-0.39, 0.29) is 0 Å². The average molecular weight is 317 g/mol. The number of hydrogen-bond acceptors (Lipinski definition) is 2. The summed E-state index contributed by atoms with van der Waals surface area (Å²) in [6.07, 6.45) is 0. The second-order valence-electron chi connectivity index (χ2n) is 6.24. The molecule has 0 saturated heterocycles. The van der Waals surface area contributed by atoms with Crippen molar-refractivity contribution in [2.45, 2.75) is 26.2 Å². The Kier molecular flexibility index (Phi) is 4.79. The van der Waals surface area contributed by atoms with Crippen molar-refractivity contribution in [3.8, 4) is 0 Å². The van der Waals surface area contributed by atoms with Crippen LogP contribution < -0.4 is 5.73 Å². The smallest absolute Gasteiger partial charge is 0.169 e. The van der Waals surface area contributed by atoms with E-state index in [0.29, 0.717) is 6.61 Å². The maximum Gasteiger partial charge on any atom is 0.169 e. The lowest BCUT2D eigenvalue weighted by molar-refractivity contribution is -0.0261. The van der Waals surface area contributed by atoms with Crippen LogP contribution in [0, 0.1) is 13.8 Å². The molecular formula is C22H23NO. The molecular weight excluding hydrogens is 294 g/mol. The zero-order chi connectivity index (χ0) is 17.0. The first-order chi connectivity index (χ1) is 11.6. The summed E-state index contributed by atoms with van der Waals surface area (Å²) in [6, 6.07) is 26.5. The number of hydrogen-bond donors (Lipinski definition) is 1. The summed E-state index contributed by atoms with van der Waals surface area (Å²) < 4.78 is 6.25. The van der Waals surface area contributed by atoms with Gasteiger partial charge in [0.1, 0.15) is 0 Å². The van der Waals surface area contributed by atoms with Gasteiger partial charge >= 0.3 is 0 Å². The zero-order valence-electron chi connectivity index (χ0n) is 14.2. The van der Waals surface area contributed by atoms with E-state index in [0.717, 1.165) is 16.7 Å². The minimum absolute atomic E-state index is 0.457. The molecule has 0 fully saturated rings. The van der Waals surface area contributed by atoms with E-state index in [1.807, 2.05) is 54.6 Å². The highest BCUT2D eigenvalue weighted by atomic mass is 16.5. The molecule has 0 aromatic heterocycles. The molecule has 3 rings (SSSR count). The van der Waals surface area contributed by atoms with Crippen LogP contribution in [-0.4, -0.2) is 0 Å². The van der Waals surface area contributed by atoms with Gasteiger partial charge in [0.2, 0.25) is 0 Å². The van der Waals surface area contributed by atoms with Gasteiger partial charge in [-0.25, -0.2) is 0 Å². The number of aryl methyl sites for hydroxylation is 2. The number of nitrogens with two attached hydrogens (primary N) is 1. The van der Waals surface area contributed by atoms with Gasteiger partial charge < -0.3 is 4.74 Å². The molecule has 0 heterocycles. The molecule has 0 radical (unpaired) electrons. The Morgan fingerprint density at radius 3 is 1.62 bits per heavy atom. The third kappa shape index (κ3) is 3.56. The molecule has 0 spiro atoms. The minimum atomic E-state index is -0.975. The van der Waals surface area contributed by atoms with Crippen LogP contribution in [0.5, 0.6) is 0 Å². The molecule has 0 amide bonds. The summed E-state index contributed by atoms with van der Waals surface area (Å²) in [5, 5.41) is 0. The van der Waals surface area contributed by atoms with Crippen molar-refractivity contribution in [3.05, 3.63) is 107 Å². The fraction of sp³-hybridized carbons (Fsp3) is 0.182. The first kappa shape index (κ1) is 16.4.